The lowest BCUT2D eigenvalue weighted by atomic mass is 9.59. The van der Waals surface area contributed by atoms with E-state index in [1.54, 1.807) is 18.2 Å². The monoisotopic (exact) mass is 363 g/mol. The largest absolute Gasteiger partial charge is 0.481 e. The summed E-state index contributed by atoms with van der Waals surface area (Å²) in [6.07, 6.45) is 0. The molecule has 140 valence electrons. The van der Waals surface area contributed by atoms with Crippen LogP contribution in [0.5, 0.6) is 0 Å². The molecule has 0 spiro atoms. The lowest BCUT2D eigenvalue weighted by Crippen LogP contribution is -2.63. The first-order chi connectivity index (χ1) is 12.0. The summed E-state index contributed by atoms with van der Waals surface area (Å²) in [6.45, 7) is 4.81. The molecule has 1 aromatic carbocycles. The third kappa shape index (κ3) is 2.07. The molecule has 1 amide bonds. The highest BCUT2D eigenvalue weighted by Gasteiger charge is 2.80. The number of carbonyl (C=O) groups excluding carboxylic acids is 2. The van der Waals surface area contributed by atoms with Crippen molar-refractivity contribution in [1.82, 2.24) is 0 Å². The van der Waals surface area contributed by atoms with Crippen LogP contribution in [0.15, 0.2) is 30.3 Å². The first-order valence-corrected chi connectivity index (χ1v) is 8.05. The SMILES string of the molecule is CCOC(=O)C1(C)C(=O)N(c2ccccc2)C(C)(C(=O)O)C1(C)C(=O)O. The number of carbonyl (C=O) groups is 4. The van der Waals surface area contributed by atoms with E-state index in [9.17, 15) is 29.4 Å². The number of anilines is 1. The average Bonchev–Trinajstić information content (AvgIpc) is 2.74. The second-order valence-corrected chi connectivity index (χ2v) is 6.63. The number of benzene rings is 1. The third-order valence-corrected chi connectivity index (χ3v) is 5.59. The molecule has 26 heavy (non-hydrogen) atoms. The van der Waals surface area contributed by atoms with Crippen molar-refractivity contribution in [2.45, 2.75) is 33.2 Å². The van der Waals surface area contributed by atoms with Gasteiger partial charge in [0.2, 0.25) is 5.91 Å². The number of rotatable bonds is 5. The van der Waals surface area contributed by atoms with Crippen LogP contribution in [-0.4, -0.2) is 46.2 Å². The molecule has 1 aromatic rings. The molecule has 3 atom stereocenters. The second-order valence-electron chi connectivity index (χ2n) is 6.63. The van der Waals surface area contributed by atoms with E-state index in [1.807, 2.05) is 0 Å². The number of amides is 1. The first kappa shape index (κ1) is 19.4. The summed E-state index contributed by atoms with van der Waals surface area (Å²) in [6, 6.07) is 7.81. The van der Waals surface area contributed by atoms with E-state index in [-0.39, 0.29) is 12.3 Å². The minimum absolute atomic E-state index is 0.0769. The Morgan fingerprint density at radius 1 is 1.04 bits per heavy atom. The fourth-order valence-corrected chi connectivity index (χ4v) is 3.60. The highest BCUT2D eigenvalue weighted by Crippen LogP contribution is 2.59. The van der Waals surface area contributed by atoms with Crippen molar-refractivity contribution in [2.24, 2.45) is 10.8 Å². The summed E-state index contributed by atoms with van der Waals surface area (Å²) in [5, 5.41) is 19.9. The lowest BCUT2D eigenvalue weighted by Gasteiger charge is -2.41. The number of hydrogen-bond acceptors (Lipinski definition) is 5. The van der Waals surface area contributed by atoms with Gasteiger partial charge in [-0.3, -0.25) is 19.3 Å². The van der Waals surface area contributed by atoms with Gasteiger partial charge in [-0.1, -0.05) is 18.2 Å². The average molecular weight is 363 g/mol. The molecule has 8 heteroatoms. The normalized spacial score (nSPS) is 30.9. The Morgan fingerprint density at radius 2 is 1.58 bits per heavy atom. The molecule has 0 bridgehead atoms. The standard InChI is InChI=1S/C18H21NO7/c1-5-26-15(25)16(2)12(20)19(11-9-7-6-8-10-11)18(4,14(23)24)17(16,3)13(21)22/h6-10H,5H2,1-4H3,(H,21,22)(H,23,24). The number of aliphatic carboxylic acids is 2. The van der Waals surface area contributed by atoms with Crippen molar-refractivity contribution < 1.29 is 34.1 Å². The number of nitrogens with zero attached hydrogens (tertiary/aromatic N) is 1. The van der Waals surface area contributed by atoms with E-state index in [0.717, 1.165) is 25.7 Å². The van der Waals surface area contributed by atoms with Gasteiger partial charge in [0.15, 0.2) is 11.0 Å². The van der Waals surface area contributed by atoms with E-state index in [2.05, 4.69) is 0 Å². The van der Waals surface area contributed by atoms with Gasteiger partial charge in [-0.05, 0) is 39.8 Å². The second kappa shape index (κ2) is 6.12. The summed E-state index contributed by atoms with van der Waals surface area (Å²) in [5.74, 6) is -5.12. The summed E-state index contributed by atoms with van der Waals surface area (Å²) < 4.78 is 4.96. The third-order valence-electron chi connectivity index (χ3n) is 5.59. The van der Waals surface area contributed by atoms with Crippen molar-refractivity contribution >= 4 is 29.5 Å². The Morgan fingerprint density at radius 3 is 2.00 bits per heavy atom. The topological polar surface area (TPSA) is 121 Å². The summed E-state index contributed by atoms with van der Waals surface area (Å²) in [4.78, 5) is 51.3. The molecule has 0 aliphatic carbocycles. The van der Waals surface area contributed by atoms with E-state index >= 15 is 0 Å². The van der Waals surface area contributed by atoms with Crippen molar-refractivity contribution in [3.05, 3.63) is 30.3 Å². The molecule has 2 N–H and O–H groups in total. The molecular weight excluding hydrogens is 342 g/mol. The van der Waals surface area contributed by atoms with Gasteiger partial charge in [0.1, 0.15) is 5.41 Å². The number of esters is 1. The predicted molar refractivity (Wildman–Crippen MR) is 90.5 cm³/mol. The molecule has 0 radical (unpaired) electrons. The Hall–Kier alpha value is -2.90. The minimum atomic E-state index is -2.29. The van der Waals surface area contributed by atoms with Gasteiger partial charge in [0, 0.05) is 5.69 Å². The molecular formula is C18H21NO7. The number of para-hydroxylation sites is 1. The fourth-order valence-electron chi connectivity index (χ4n) is 3.60. The number of carboxylic acid groups (broad SMARTS) is 2. The Kier molecular flexibility index (Phi) is 4.57. The number of hydrogen-bond donors (Lipinski definition) is 2. The lowest BCUT2D eigenvalue weighted by molar-refractivity contribution is -0.180. The zero-order valence-corrected chi connectivity index (χ0v) is 15.0. The van der Waals surface area contributed by atoms with Crippen molar-refractivity contribution in [1.29, 1.82) is 0 Å². The summed E-state index contributed by atoms with van der Waals surface area (Å²) in [5.41, 5.74) is -6.55. The molecule has 0 saturated carbocycles. The van der Waals surface area contributed by atoms with Crippen LogP contribution in [0.2, 0.25) is 0 Å². The van der Waals surface area contributed by atoms with Crippen molar-refractivity contribution in [3.63, 3.8) is 0 Å². The zero-order chi connectivity index (χ0) is 19.9. The smallest absolute Gasteiger partial charge is 0.330 e. The minimum Gasteiger partial charge on any atom is -0.481 e. The van der Waals surface area contributed by atoms with Gasteiger partial charge in [-0.25, -0.2) is 4.79 Å². The van der Waals surface area contributed by atoms with Gasteiger partial charge in [0.25, 0.3) is 0 Å². The molecule has 1 fully saturated rings. The maximum Gasteiger partial charge on any atom is 0.330 e. The van der Waals surface area contributed by atoms with Crippen LogP contribution in [0.4, 0.5) is 5.69 Å². The van der Waals surface area contributed by atoms with E-state index < -0.39 is 40.2 Å². The Bertz CT molecular complexity index is 777. The maximum atomic E-state index is 13.3. The molecule has 1 aliphatic rings. The highest BCUT2D eigenvalue weighted by molar-refractivity contribution is 6.21. The van der Waals surface area contributed by atoms with Gasteiger partial charge in [0.05, 0.1) is 6.61 Å². The van der Waals surface area contributed by atoms with Crippen LogP contribution < -0.4 is 4.90 Å². The van der Waals surface area contributed by atoms with Crippen LogP contribution in [0.3, 0.4) is 0 Å². The van der Waals surface area contributed by atoms with Gasteiger partial charge in [-0.15, -0.1) is 0 Å². The molecule has 0 aromatic heterocycles. The maximum absolute atomic E-state index is 13.3. The van der Waals surface area contributed by atoms with Crippen LogP contribution in [-0.2, 0) is 23.9 Å². The van der Waals surface area contributed by atoms with Crippen molar-refractivity contribution in [2.75, 3.05) is 11.5 Å². The molecule has 1 heterocycles. The highest BCUT2D eigenvalue weighted by atomic mass is 16.5. The summed E-state index contributed by atoms with van der Waals surface area (Å²) in [7, 11) is 0. The number of carboxylic acids is 2. The van der Waals surface area contributed by atoms with Gasteiger partial charge >= 0.3 is 17.9 Å². The van der Waals surface area contributed by atoms with E-state index in [0.29, 0.717) is 0 Å². The quantitative estimate of drug-likeness (QED) is 0.601. The first-order valence-electron chi connectivity index (χ1n) is 8.05. The molecule has 8 nitrogen and oxygen atoms in total. The van der Waals surface area contributed by atoms with Crippen LogP contribution in [0.1, 0.15) is 27.7 Å². The van der Waals surface area contributed by atoms with E-state index in [1.165, 1.54) is 19.1 Å². The molecule has 2 rings (SSSR count). The van der Waals surface area contributed by atoms with Crippen LogP contribution in [0, 0.1) is 10.8 Å². The fraction of sp³-hybridized carbons (Fsp3) is 0.444. The van der Waals surface area contributed by atoms with Gasteiger partial charge in [-0.2, -0.15) is 0 Å². The van der Waals surface area contributed by atoms with Crippen molar-refractivity contribution in [3.8, 4) is 0 Å². The summed E-state index contributed by atoms with van der Waals surface area (Å²) >= 11 is 0. The Balaban J connectivity index is 2.89. The van der Waals surface area contributed by atoms with Crippen LogP contribution in [0.25, 0.3) is 0 Å². The van der Waals surface area contributed by atoms with Crippen LogP contribution >= 0.6 is 0 Å². The number of ether oxygens (including phenoxy) is 1. The molecule has 1 saturated heterocycles. The van der Waals surface area contributed by atoms with Gasteiger partial charge < -0.3 is 14.9 Å². The molecule has 3 unspecified atom stereocenters. The molecule has 1 aliphatic heterocycles. The van der Waals surface area contributed by atoms with E-state index in [4.69, 9.17) is 4.74 Å². The zero-order valence-electron chi connectivity index (χ0n) is 15.0. The predicted octanol–water partition coefficient (Wildman–Crippen LogP) is 1.54. The Labute approximate surface area is 150 Å².